The third-order valence-corrected chi connectivity index (χ3v) is 2.86. The molecule has 0 fully saturated rings. The molecule has 0 aliphatic heterocycles. The van der Waals surface area contributed by atoms with E-state index < -0.39 is 0 Å². The van der Waals surface area contributed by atoms with Gasteiger partial charge in [0.2, 0.25) is 0 Å². The van der Waals surface area contributed by atoms with Crippen LogP contribution in [0.1, 0.15) is 0 Å². The minimum atomic E-state index is -0.314. The van der Waals surface area contributed by atoms with Crippen LogP contribution in [-0.2, 0) is 0 Å². The lowest BCUT2D eigenvalue weighted by Gasteiger charge is -2.06. The molecule has 88 valence electrons. The van der Waals surface area contributed by atoms with Gasteiger partial charge in [-0.2, -0.15) is 0 Å². The molecule has 0 N–H and O–H groups in total. The molecule has 0 saturated heterocycles. The third kappa shape index (κ3) is 1.84. The van der Waals surface area contributed by atoms with Gasteiger partial charge < -0.3 is 0 Å². The summed E-state index contributed by atoms with van der Waals surface area (Å²) in [7, 11) is 0. The monoisotopic (exact) mass is 241 g/mol. The first-order valence-corrected chi connectivity index (χ1v) is 5.54. The smallest absolute Gasteiger partial charge is 0.125 e. The predicted molar refractivity (Wildman–Crippen MR) is 67.1 cm³/mol. The molecule has 0 aliphatic carbocycles. The van der Waals surface area contributed by atoms with Gasteiger partial charge in [0.15, 0.2) is 0 Å². The van der Waals surface area contributed by atoms with Gasteiger partial charge in [0, 0.05) is 17.6 Å². The van der Waals surface area contributed by atoms with Crippen molar-refractivity contribution >= 4 is 10.9 Å². The van der Waals surface area contributed by atoms with Crippen molar-refractivity contribution in [3.63, 3.8) is 0 Å². The molecule has 1 aromatic heterocycles. The van der Waals surface area contributed by atoms with Crippen LogP contribution in [0.5, 0.6) is 0 Å². The van der Waals surface area contributed by atoms with Gasteiger partial charge in [-0.15, -0.1) is 0 Å². The van der Waals surface area contributed by atoms with Crippen molar-refractivity contribution in [2.75, 3.05) is 0 Å². The van der Waals surface area contributed by atoms with Gasteiger partial charge in [-0.3, -0.25) is 4.98 Å². The third-order valence-electron chi connectivity index (χ3n) is 2.86. The first-order chi connectivity index (χ1) is 8.74. The first kappa shape index (κ1) is 10.8. The summed E-state index contributed by atoms with van der Waals surface area (Å²) >= 11 is 0. The van der Waals surface area contributed by atoms with Crippen LogP contribution in [0.25, 0.3) is 22.0 Å². The molecular weight excluding hydrogens is 232 g/mol. The van der Waals surface area contributed by atoms with Crippen LogP contribution in [0.2, 0.25) is 0 Å². The van der Waals surface area contributed by atoms with Crippen molar-refractivity contribution in [2.45, 2.75) is 0 Å². The molecule has 0 spiro atoms. The summed E-state index contributed by atoms with van der Waals surface area (Å²) in [4.78, 5) is 4.13. The zero-order valence-corrected chi connectivity index (χ0v) is 9.40. The van der Waals surface area contributed by atoms with Crippen molar-refractivity contribution in [3.05, 3.63) is 66.4 Å². The second-order valence-electron chi connectivity index (χ2n) is 4.03. The van der Waals surface area contributed by atoms with E-state index in [1.54, 1.807) is 24.4 Å². The predicted octanol–water partition coefficient (Wildman–Crippen LogP) is 4.18. The Labute approximate surface area is 103 Å². The second-order valence-corrected chi connectivity index (χ2v) is 4.03. The molecule has 18 heavy (non-hydrogen) atoms. The highest BCUT2D eigenvalue weighted by molar-refractivity contribution is 5.94. The number of pyridine rings is 1. The molecule has 0 bridgehead atoms. The number of aromatic nitrogens is 1. The summed E-state index contributed by atoms with van der Waals surface area (Å²) in [6, 6.07) is 12.5. The molecule has 0 amide bonds. The SMILES string of the molecule is Fc1ccc(-c2ccnc3cc(F)ccc23)cc1. The normalized spacial score (nSPS) is 10.8. The van der Waals surface area contributed by atoms with Crippen LogP contribution >= 0.6 is 0 Å². The summed E-state index contributed by atoms with van der Waals surface area (Å²) in [5, 5.41) is 0.852. The van der Waals surface area contributed by atoms with E-state index in [1.165, 1.54) is 24.3 Å². The van der Waals surface area contributed by atoms with Crippen LogP contribution in [0, 0.1) is 11.6 Å². The topological polar surface area (TPSA) is 12.9 Å². The highest BCUT2D eigenvalue weighted by atomic mass is 19.1. The fourth-order valence-electron chi connectivity index (χ4n) is 2.00. The van der Waals surface area contributed by atoms with Crippen LogP contribution in [0.15, 0.2) is 54.7 Å². The molecule has 3 heteroatoms. The van der Waals surface area contributed by atoms with Crippen LogP contribution < -0.4 is 0 Å². The van der Waals surface area contributed by atoms with E-state index >= 15 is 0 Å². The summed E-state index contributed by atoms with van der Waals surface area (Å²) < 4.78 is 26.0. The van der Waals surface area contributed by atoms with Gasteiger partial charge in [0.1, 0.15) is 11.6 Å². The minimum absolute atomic E-state index is 0.275. The molecule has 2 aromatic carbocycles. The van der Waals surface area contributed by atoms with E-state index in [9.17, 15) is 8.78 Å². The number of nitrogens with zero attached hydrogens (tertiary/aromatic N) is 1. The average Bonchev–Trinajstić information content (AvgIpc) is 2.38. The Balaban J connectivity index is 2.26. The Morgan fingerprint density at radius 3 is 2.28 bits per heavy atom. The van der Waals surface area contributed by atoms with E-state index in [0.717, 1.165) is 16.5 Å². The number of rotatable bonds is 1. The maximum Gasteiger partial charge on any atom is 0.125 e. The van der Waals surface area contributed by atoms with Crippen LogP contribution in [-0.4, -0.2) is 4.98 Å². The van der Waals surface area contributed by atoms with Crippen LogP contribution in [0.4, 0.5) is 8.78 Å². The van der Waals surface area contributed by atoms with Crippen molar-refractivity contribution in [2.24, 2.45) is 0 Å². The molecule has 3 aromatic rings. The number of halogens is 2. The lowest BCUT2D eigenvalue weighted by atomic mass is 10.0. The van der Waals surface area contributed by atoms with Crippen molar-refractivity contribution in [1.82, 2.24) is 4.98 Å². The zero-order valence-electron chi connectivity index (χ0n) is 9.40. The summed E-state index contributed by atoms with van der Waals surface area (Å²) in [5.74, 6) is -0.589. The molecule has 0 radical (unpaired) electrons. The standard InChI is InChI=1S/C15H9F2N/c16-11-3-1-10(2-4-11)13-7-8-18-15-9-12(17)5-6-14(13)15/h1-9H. The van der Waals surface area contributed by atoms with Gasteiger partial charge in [0.25, 0.3) is 0 Å². The number of benzene rings is 2. The quantitative estimate of drug-likeness (QED) is 0.622. The molecule has 1 nitrogen and oxygen atoms in total. The van der Waals surface area contributed by atoms with Gasteiger partial charge >= 0.3 is 0 Å². The Morgan fingerprint density at radius 2 is 1.50 bits per heavy atom. The zero-order chi connectivity index (χ0) is 12.5. The molecule has 0 aliphatic rings. The average molecular weight is 241 g/mol. The van der Waals surface area contributed by atoms with Crippen molar-refractivity contribution in [3.8, 4) is 11.1 Å². The van der Waals surface area contributed by atoms with Gasteiger partial charge in [-0.25, -0.2) is 8.78 Å². The van der Waals surface area contributed by atoms with Gasteiger partial charge in [-0.05, 0) is 41.5 Å². The largest absolute Gasteiger partial charge is 0.256 e. The minimum Gasteiger partial charge on any atom is -0.256 e. The van der Waals surface area contributed by atoms with Gasteiger partial charge in [-0.1, -0.05) is 12.1 Å². The molecule has 3 rings (SSSR count). The van der Waals surface area contributed by atoms with E-state index in [0.29, 0.717) is 5.52 Å². The lowest BCUT2D eigenvalue weighted by molar-refractivity contribution is 0.628. The van der Waals surface area contributed by atoms with Crippen molar-refractivity contribution in [1.29, 1.82) is 0 Å². The van der Waals surface area contributed by atoms with E-state index in [2.05, 4.69) is 4.98 Å². The Hall–Kier alpha value is -2.29. The summed E-state index contributed by atoms with van der Waals surface area (Å²) in [5.41, 5.74) is 2.40. The number of hydrogen-bond acceptors (Lipinski definition) is 1. The molecule has 0 unspecified atom stereocenters. The number of hydrogen-bond donors (Lipinski definition) is 0. The highest BCUT2D eigenvalue weighted by Gasteiger charge is 2.05. The van der Waals surface area contributed by atoms with Crippen LogP contribution in [0.3, 0.4) is 0 Å². The highest BCUT2D eigenvalue weighted by Crippen LogP contribution is 2.27. The maximum atomic E-state index is 13.1. The lowest BCUT2D eigenvalue weighted by Crippen LogP contribution is -1.86. The number of fused-ring (bicyclic) bond motifs is 1. The molecule has 0 saturated carbocycles. The fourth-order valence-corrected chi connectivity index (χ4v) is 2.00. The van der Waals surface area contributed by atoms with Crippen molar-refractivity contribution < 1.29 is 8.78 Å². The van der Waals surface area contributed by atoms with E-state index in [4.69, 9.17) is 0 Å². The maximum absolute atomic E-state index is 13.1. The fraction of sp³-hybridized carbons (Fsp3) is 0. The Kier molecular flexibility index (Phi) is 2.52. The van der Waals surface area contributed by atoms with E-state index in [1.807, 2.05) is 6.07 Å². The first-order valence-electron chi connectivity index (χ1n) is 5.54. The summed E-state index contributed by atoms with van der Waals surface area (Å²) in [6.45, 7) is 0. The molecule has 1 heterocycles. The van der Waals surface area contributed by atoms with E-state index in [-0.39, 0.29) is 11.6 Å². The molecular formula is C15H9F2N. The summed E-state index contributed by atoms with van der Waals surface area (Å²) in [6.07, 6.45) is 1.63. The van der Waals surface area contributed by atoms with Gasteiger partial charge in [0.05, 0.1) is 5.52 Å². The Morgan fingerprint density at radius 1 is 0.778 bits per heavy atom. The Bertz CT molecular complexity index is 705. The molecule has 0 atom stereocenters. The second kappa shape index (κ2) is 4.18.